The van der Waals surface area contributed by atoms with E-state index in [9.17, 15) is 0 Å². The fourth-order valence-electron chi connectivity index (χ4n) is 3.01. The van der Waals surface area contributed by atoms with E-state index >= 15 is 0 Å². The van der Waals surface area contributed by atoms with Crippen molar-refractivity contribution >= 4 is 5.84 Å². The predicted octanol–water partition coefficient (Wildman–Crippen LogP) is 4.27. The van der Waals surface area contributed by atoms with Crippen molar-refractivity contribution in [3.8, 4) is 0 Å². The highest BCUT2D eigenvalue weighted by Gasteiger charge is 2.26. The Morgan fingerprint density at radius 3 is 2.29 bits per heavy atom. The molecule has 1 saturated heterocycles. The molecule has 0 amide bonds. The molecule has 2 heteroatoms. The summed E-state index contributed by atoms with van der Waals surface area (Å²) in [6, 6.07) is 21.5. The highest BCUT2D eigenvalue weighted by atomic mass is 15.2. The van der Waals surface area contributed by atoms with Gasteiger partial charge < -0.3 is 4.90 Å². The maximum absolute atomic E-state index is 4.95. The third-order valence-corrected chi connectivity index (χ3v) is 4.26. The highest BCUT2D eigenvalue weighted by Crippen LogP contribution is 2.29. The van der Waals surface area contributed by atoms with Gasteiger partial charge in [0.15, 0.2) is 0 Å². The third-order valence-electron chi connectivity index (χ3n) is 4.26. The highest BCUT2D eigenvalue weighted by molar-refractivity contribution is 5.85. The lowest BCUT2D eigenvalue weighted by molar-refractivity contribution is 0.517. The fourth-order valence-corrected chi connectivity index (χ4v) is 3.01. The molecule has 1 aliphatic heterocycles. The summed E-state index contributed by atoms with van der Waals surface area (Å²) in [5, 5.41) is 0. The zero-order chi connectivity index (χ0) is 14.7. The average molecular weight is 278 g/mol. The maximum Gasteiger partial charge on any atom is 0.100 e. The molecule has 0 N–H and O–H groups in total. The van der Waals surface area contributed by atoms with Crippen molar-refractivity contribution in [3.63, 3.8) is 0 Å². The summed E-state index contributed by atoms with van der Waals surface area (Å²) in [4.78, 5) is 7.25. The second-order valence-electron chi connectivity index (χ2n) is 5.82. The van der Waals surface area contributed by atoms with E-state index in [1.807, 2.05) is 0 Å². The molecule has 108 valence electrons. The molecule has 21 heavy (non-hydrogen) atoms. The van der Waals surface area contributed by atoms with Crippen LogP contribution in [0, 0.1) is 0 Å². The largest absolute Gasteiger partial charge is 0.363 e. The van der Waals surface area contributed by atoms with Crippen molar-refractivity contribution in [2.24, 2.45) is 4.99 Å². The Morgan fingerprint density at radius 1 is 1.00 bits per heavy atom. The minimum atomic E-state index is 0.221. The van der Waals surface area contributed by atoms with Gasteiger partial charge >= 0.3 is 0 Å². The molecular formula is C19H22N2. The van der Waals surface area contributed by atoms with Gasteiger partial charge in [-0.25, -0.2) is 0 Å². The van der Waals surface area contributed by atoms with E-state index in [1.165, 1.54) is 17.0 Å². The van der Waals surface area contributed by atoms with Gasteiger partial charge in [-0.15, -0.1) is 0 Å². The van der Waals surface area contributed by atoms with Gasteiger partial charge in [0.25, 0.3) is 0 Å². The standard InChI is InChI=1S/C19H22N2/c1-15(16-9-5-3-6-10-16)20-19-13-18(14-21(19)2)17-11-7-4-8-12-17/h3-12,15,18H,13-14H2,1-2H3/b20-19-. The number of benzene rings is 2. The third kappa shape index (κ3) is 3.15. The van der Waals surface area contributed by atoms with Crippen molar-refractivity contribution in [1.82, 2.24) is 4.90 Å². The molecule has 1 fully saturated rings. The number of hydrogen-bond acceptors (Lipinski definition) is 1. The van der Waals surface area contributed by atoms with E-state index in [0.29, 0.717) is 5.92 Å². The van der Waals surface area contributed by atoms with Crippen LogP contribution in [0.15, 0.2) is 65.7 Å². The van der Waals surface area contributed by atoms with Crippen molar-refractivity contribution in [3.05, 3.63) is 71.8 Å². The van der Waals surface area contributed by atoms with E-state index in [0.717, 1.165) is 13.0 Å². The van der Waals surface area contributed by atoms with Crippen molar-refractivity contribution in [2.45, 2.75) is 25.3 Å². The molecule has 2 aromatic rings. The molecule has 1 heterocycles. The Bertz CT molecular complexity index is 604. The summed E-state index contributed by atoms with van der Waals surface area (Å²) in [6.45, 7) is 3.23. The number of amidine groups is 1. The first-order chi connectivity index (χ1) is 10.2. The van der Waals surface area contributed by atoms with Crippen molar-refractivity contribution in [2.75, 3.05) is 13.6 Å². The summed E-state index contributed by atoms with van der Waals surface area (Å²) < 4.78 is 0. The lowest BCUT2D eigenvalue weighted by Gasteiger charge is -2.14. The van der Waals surface area contributed by atoms with E-state index in [4.69, 9.17) is 4.99 Å². The van der Waals surface area contributed by atoms with Gasteiger partial charge in [0, 0.05) is 25.9 Å². The van der Waals surface area contributed by atoms with Crippen LogP contribution in [-0.4, -0.2) is 24.3 Å². The van der Waals surface area contributed by atoms with Crippen LogP contribution >= 0.6 is 0 Å². The normalized spacial score (nSPS) is 21.7. The summed E-state index contributed by atoms with van der Waals surface area (Å²) in [5.41, 5.74) is 2.70. The fraction of sp³-hybridized carbons (Fsp3) is 0.316. The van der Waals surface area contributed by atoms with Gasteiger partial charge in [-0.05, 0) is 18.1 Å². The number of rotatable bonds is 3. The molecule has 2 atom stereocenters. The zero-order valence-corrected chi connectivity index (χ0v) is 12.7. The minimum absolute atomic E-state index is 0.221. The van der Waals surface area contributed by atoms with E-state index in [1.54, 1.807) is 0 Å². The van der Waals surface area contributed by atoms with Crippen molar-refractivity contribution in [1.29, 1.82) is 0 Å². The summed E-state index contributed by atoms with van der Waals surface area (Å²) in [6.07, 6.45) is 1.04. The summed E-state index contributed by atoms with van der Waals surface area (Å²) in [7, 11) is 2.15. The Balaban J connectivity index is 1.76. The minimum Gasteiger partial charge on any atom is -0.363 e. The smallest absolute Gasteiger partial charge is 0.100 e. The van der Waals surface area contributed by atoms with Gasteiger partial charge in [-0.1, -0.05) is 60.7 Å². The maximum atomic E-state index is 4.95. The molecule has 0 aromatic heterocycles. The molecule has 1 aliphatic rings. The molecule has 2 aromatic carbocycles. The number of nitrogens with zero attached hydrogens (tertiary/aromatic N) is 2. The van der Waals surface area contributed by atoms with Crippen LogP contribution in [0.2, 0.25) is 0 Å². The Labute approximate surface area is 127 Å². The van der Waals surface area contributed by atoms with Crippen LogP contribution in [0.1, 0.15) is 36.4 Å². The van der Waals surface area contributed by atoms with Crippen molar-refractivity contribution < 1.29 is 0 Å². The van der Waals surface area contributed by atoms with Gasteiger partial charge in [0.1, 0.15) is 5.84 Å². The number of aliphatic imine (C=N–C) groups is 1. The van der Waals surface area contributed by atoms with Gasteiger partial charge in [-0.3, -0.25) is 4.99 Å². The molecular weight excluding hydrogens is 256 g/mol. The molecule has 3 rings (SSSR count). The first kappa shape index (κ1) is 13.9. The Kier molecular flexibility index (Phi) is 4.05. The lowest BCUT2D eigenvalue weighted by Crippen LogP contribution is -2.20. The molecule has 0 aliphatic carbocycles. The second kappa shape index (κ2) is 6.13. The van der Waals surface area contributed by atoms with Gasteiger partial charge in [-0.2, -0.15) is 0 Å². The number of likely N-dealkylation sites (N-methyl/N-ethyl adjacent to an activating group) is 1. The van der Waals surface area contributed by atoms with Crippen LogP contribution < -0.4 is 0 Å². The average Bonchev–Trinajstić information content (AvgIpc) is 2.90. The second-order valence-corrected chi connectivity index (χ2v) is 5.82. The Morgan fingerprint density at radius 2 is 1.62 bits per heavy atom. The molecule has 2 nitrogen and oxygen atoms in total. The molecule has 0 bridgehead atoms. The first-order valence-corrected chi connectivity index (χ1v) is 7.61. The summed E-state index contributed by atoms with van der Waals surface area (Å²) >= 11 is 0. The lowest BCUT2D eigenvalue weighted by atomic mass is 9.98. The van der Waals surface area contributed by atoms with Gasteiger partial charge in [0.2, 0.25) is 0 Å². The zero-order valence-electron chi connectivity index (χ0n) is 12.7. The predicted molar refractivity (Wildman–Crippen MR) is 88.7 cm³/mol. The van der Waals surface area contributed by atoms with Crippen LogP contribution in [0.5, 0.6) is 0 Å². The SMILES string of the molecule is CC(/N=C1/CC(c2ccccc2)CN1C)c1ccccc1. The first-order valence-electron chi connectivity index (χ1n) is 7.61. The number of hydrogen-bond donors (Lipinski definition) is 0. The summed E-state index contributed by atoms with van der Waals surface area (Å²) in [5.74, 6) is 1.79. The Hall–Kier alpha value is -2.09. The van der Waals surface area contributed by atoms with E-state index < -0.39 is 0 Å². The molecule has 0 spiro atoms. The van der Waals surface area contributed by atoms with Gasteiger partial charge in [0.05, 0.1) is 6.04 Å². The van der Waals surface area contributed by atoms with E-state index in [2.05, 4.69) is 79.5 Å². The quantitative estimate of drug-likeness (QED) is 0.819. The van der Waals surface area contributed by atoms with E-state index in [-0.39, 0.29) is 6.04 Å². The van der Waals surface area contributed by atoms with Crippen LogP contribution in [-0.2, 0) is 0 Å². The molecule has 2 unspecified atom stereocenters. The molecule has 0 saturated carbocycles. The van der Waals surface area contributed by atoms with Crippen LogP contribution in [0.25, 0.3) is 0 Å². The number of likely N-dealkylation sites (tertiary alicyclic amines) is 1. The topological polar surface area (TPSA) is 15.6 Å². The monoisotopic (exact) mass is 278 g/mol. The van der Waals surface area contributed by atoms with Crippen LogP contribution in [0.4, 0.5) is 0 Å². The van der Waals surface area contributed by atoms with Crippen LogP contribution in [0.3, 0.4) is 0 Å². The molecule has 0 radical (unpaired) electrons.